The van der Waals surface area contributed by atoms with Crippen LogP contribution in [0, 0.1) is 13.8 Å². The van der Waals surface area contributed by atoms with Gasteiger partial charge >= 0.3 is 5.97 Å². The number of aryl methyl sites for hydroxylation is 2. The predicted octanol–water partition coefficient (Wildman–Crippen LogP) is 8.12. The van der Waals surface area contributed by atoms with Gasteiger partial charge in [-0.05, 0) is 84.8 Å². The molecule has 0 fully saturated rings. The summed E-state index contributed by atoms with van der Waals surface area (Å²) < 4.78 is 2.27. The molecular weight excluding hydrogens is 508 g/mol. The Kier molecular flexibility index (Phi) is 8.06. The van der Waals surface area contributed by atoms with Crippen molar-refractivity contribution in [1.29, 1.82) is 0 Å². The molecule has 1 heterocycles. The van der Waals surface area contributed by atoms with Crippen LogP contribution in [0.1, 0.15) is 75.0 Å². The second-order valence-electron chi connectivity index (χ2n) is 10.8. The fourth-order valence-corrected chi connectivity index (χ4v) is 5.51. The lowest BCUT2D eigenvalue weighted by Crippen LogP contribution is -2.26. The van der Waals surface area contributed by atoms with E-state index < -0.39 is 5.97 Å². The Hall–Kier alpha value is -4.64. The molecule has 0 saturated carbocycles. The first kappa shape index (κ1) is 27.9. The Balaban J connectivity index is 1.35. The van der Waals surface area contributed by atoms with Crippen molar-refractivity contribution in [3.05, 3.63) is 130 Å². The van der Waals surface area contributed by atoms with Gasteiger partial charge in [-0.3, -0.25) is 4.79 Å². The maximum Gasteiger partial charge on any atom is 0.336 e. The Morgan fingerprint density at radius 3 is 2.24 bits per heavy atom. The highest BCUT2D eigenvalue weighted by Gasteiger charge is 2.17. The molecule has 1 amide bonds. The zero-order chi connectivity index (χ0) is 29.1. The van der Waals surface area contributed by atoms with Gasteiger partial charge in [0.15, 0.2) is 0 Å². The number of carbonyl (C=O) groups excluding carboxylic acids is 1. The van der Waals surface area contributed by atoms with E-state index in [2.05, 4.69) is 54.9 Å². The number of benzene rings is 4. The van der Waals surface area contributed by atoms with Crippen LogP contribution >= 0.6 is 0 Å². The number of carbonyl (C=O) groups is 2. The normalized spacial score (nSPS) is 11.9. The van der Waals surface area contributed by atoms with E-state index in [1.165, 1.54) is 5.56 Å². The molecule has 0 spiro atoms. The van der Waals surface area contributed by atoms with Crippen molar-refractivity contribution in [2.75, 3.05) is 0 Å². The number of aromatic carboxylic acids is 1. The average molecular weight is 545 g/mol. The summed E-state index contributed by atoms with van der Waals surface area (Å²) in [5.74, 6) is -1.02. The van der Waals surface area contributed by atoms with Crippen LogP contribution < -0.4 is 5.32 Å². The van der Waals surface area contributed by atoms with Crippen molar-refractivity contribution >= 4 is 22.8 Å². The van der Waals surface area contributed by atoms with E-state index in [0.717, 1.165) is 51.7 Å². The van der Waals surface area contributed by atoms with Crippen molar-refractivity contribution < 1.29 is 14.7 Å². The average Bonchev–Trinajstić information content (AvgIpc) is 3.22. The van der Waals surface area contributed by atoms with Gasteiger partial charge in [-0.2, -0.15) is 0 Å². The predicted molar refractivity (Wildman–Crippen MR) is 166 cm³/mol. The molecule has 208 valence electrons. The second-order valence-corrected chi connectivity index (χ2v) is 10.8. The number of carboxylic acid groups (broad SMARTS) is 1. The Bertz CT molecular complexity index is 1710. The van der Waals surface area contributed by atoms with Gasteiger partial charge in [-0.25, -0.2) is 4.79 Å². The Morgan fingerprint density at radius 1 is 0.878 bits per heavy atom. The van der Waals surface area contributed by atoms with E-state index in [9.17, 15) is 14.7 Å². The van der Waals surface area contributed by atoms with Crippen LogP contribution in [0.2, 0.25) is 0 Å². The summed E-state index contributed by atoms with van der Waals surface area (Å²) in [5, 5.41) is 13.8. The third-order valence-electron chi connectivity index (χ3n) is 8.03. The number of hydrogen-bond donors (Lipinski definition) is 2. The summed E-state index contributed by atoms with van der Waals surface area (Å²) in [4.78, 5) is 24.8. The van der Waals surface area contributed by atoms with Crippen molar-refractivity contribution in [2.24, 2.45) is 0 Å². The SMILES string of the molecule is CCCc1ccc(C(C)NC(=O)c2ccc3c(c2)c(C)c(C)n3Cc2ccc(-c3ccccc3C(=O)O)cc2)cc1. The van der Waals surface area contributed by atoms with Gasteiger partial charge in [0, 0.05) is 28.7 Å². The molecule has 5 rings (SSSR count). The Labute approximate surface area is 241 Å². The number of nitrogens with one attached hydrogen (secondary N) is 1. The third kappa shape index (κ3) is 5.80. The summed E-state index contributed by atoms with van der Waals surface area (Å²) in [6, 6.07) is 29.4. The molecule has 0 bridgehead atoms. The summed E-state index contributed by atoms with van der Waals surface area (Å²) in [6.07, 6.45) is 2.18. The molecule has 5 nitrogen and oxygen atoms in total. The van der Waals surface area contributed by atoms with E-state index in [1.807, 2.05) is 61.5 Å². The van der Waals surface area contributed by atoms with E-state index in [0.29, 0.717) is 23.2 Å². The molecule has 5 aromatic rings. The smallest absolute Gasteiger partial charge is 0.336 e. The van der Waals surface area contributed by atoms with Gasteiger partial charge in [-0.15, -0.1) is 0 Å². The van der Waals surface area contributed by atoms with Crippen LogP contribution in [0.25, 0.3) is 22.0 Å². The van der Waals surface area contributed by atoms with Gasteiger partial charge in [0.1, 0.15) is 0 Å². The molecule has 0 aliphatic heterocycles. The number of fused-ring (bicyclic) bond motifs is 1. The highest BCUT2D eigenvalue weighted by atomic mass is 16.4. The molecule has 5 heteroatoms. The van der Waals surface area contributed by atoms with Crippen LogP contribution in [-0.2, 0) is 13.0 Å². The van der Waals surface area contributed by atoms with E-state index in [4.69, 9.17) is 0 Å². The van der Waals surface area contributed by atoms with E-state index in [1.54, 1.807) is 12.1 Å². The molecule has 0 saturated heterocycles. The molecule has 1 unspecified atom stereocenters. The fraction of sp³-hybridized carbons (Fsp3) is 0.222. The zero-order valence-electron chi connectivity index (χ0n) is 24.1. The van der Waals surface area contributed by atoms with Crippen LogP contribution in [0.5, 0.6) is 0 Å². The number of aromatic nitrogens is 1. The summed E-state index contributed by atoms with van der Waals surface area (Å²) in [7, 11) is 0. The van der Waals surface area contributed by atoms with Crippen LogP contribution in [0.4, 0.5) is 0 Å². The van der Waals surface area contributed by atoms with Gasteiger partial charge in [0.25, 0.3) is 5.91 Å². The quantitative estimate of drug-likeness (QED) is 0.197. The van der Waals surface area contributed by atoms with Crippen LogP contribution in [-0.4, -0.2) is 21.6 Å². The van der Waals surface area contributed by atoms with Crippen molar-refractivity contribution in [3.63, 3.8) is 0 Å². The zero-order valence-corrected chi connectivity index (χ0v) is 24.1. The monoisotopic (exact) mass is 544 g/mol. The van der Waals surface area contributed by atoms with Gasteiger partial charge in [0.2, 0.25) is 0 Å². The highest BCUT2D eigenvalue weighted by Crippen LogP contribution is 2.29. The molecular formula is C36H36N2O3. The van der Waals surface area contributed by atoms with Crippen LogP contribution in [0.15, 0.2) is 91.0 Å². The summed E-state index contributed by atoms with van der Waals surface area (Å²) in [6.45, 7) is 9.07. The van der Waals surface area contributed by atoms with Crippen molar-refractivity contribution in [2.45, 2.75) is 53.1 Å². The number of carboxylic acids is 1. The number of rotatable bonds is 9. The van der Waals surface area contributed by atoms with E-state index in [-0.39, 0.29) is 11.9 Å². The molecule has 0 aliphatic carbocycles. The number of amides is 1. The number of nitrogens with zero attached hydrogens (tertiary/aromatic N) is 1. The molecule has 4 aromatic carbocycles. The lowest BCUT2D eigenvalue weighted by molar-refractivity contribution is 0.0697. The molecule has 1 aromatic heterocycles. The van der Waals surface area contributed by atoms with Gasteiger partial charge < -0.3 is 15.0 Å². The second kappa shape index (κ2) is 11.8. The summed E-state index contributed by atoms with van der Waals surface area (Å²) >= 11 is 0. The topological polar surface area (TPSA) is 71.3 Å². The van der Waals surface area contributed by atoms with Crippen LogP contribution in [0.3, 0.4) is 0 Å². The lowest BCUT2D eigenvalue weighted by atomic mass is 9.99. The lowest BCUT2D eigenvalue weighted by Gasteiger charge is -2.15. The molecule has 1 atom stereocenters. The van der Waals surface area contributed by atoms with Gasteiger partial charge in [-0.1, -0.05) is 80.1 Å². The highest BCUT2D eigenvalue weighted by molar-refractivity contribution is 5.99. The number of hydrogen-bond acceptors (Lipinski definition) is 2. The maximum absolute atomic E-state index is 13.2. The fourth-order valence-electron chi connectivity index (χ4n) is 5.51. The Morgan fingerprint density at radius 2 is 1.56 bits per heavy atom. The van der Waals surface area contributed by atoms with Gasteiger partial charge in [0.05, 0.1) is 11.6 Å². The molecule has 41 heavy (non-hydrogen) atoms. The molecule has 2 N–H and O–H groups in total. The molecule has 0 aliphatic rings. The first-order valence-corrected chi connectivity index (χ1v) is 14.2. The minimum absolute atomic E-state index is 0.0842. The summed E-state index contributed by atoms with van der Waals surface area (Å²) in [5.41, 5.74) is 9.43. The van der Waals surface area contributed by atoms with Crippen molar-refractivity contribution in [1.82, 2.24) is 9.88 Å². The minimum atomic E-state index is -0.932. The first-order chi connectivity index (χ1) is 19.8. The largest absolute Gasteiger partial charge is 0.478 e. The first-order valence-electron chi connectivity index (χ1n) is 14.2. The van der Waals surface area contributed by atoms with Crippen molar-refractivity contribution in [3.8, 4) is 11.1 Å². The molecule has 0 radical (unpaired) electrons. The van der Waals surface area contributed by atoms with E-state index >= 15 is 0 Å². The third-order valence-corrected chi connectivity index (χ3v) is 8.03. The minimum Gasteiger partial charge on any atom is -0.478 e. The standard InChI is InChI=1S/C36H36N2O3/c1-5-8-26-11-15-28(16-12-26)24(3)37-35(39)30-19-20-34-33(21-30)23(2)25(4)38(34)22-27-13-17-29(18-14-27)31-9-6-7-10-32(31)36(40)41/h6-7,9-21,24H,5,8,22H2,1-4H3,(H,37,39)(H,40,41). The maximum atomic E-state index is 13.2.